The Kier molecular flexibility index (Phi) is 5.77. The van der Waals surface area contributed by atoms with Gasteiger partial charge in [0.05, 0.1) is 16.4 Å². The van der Waals surface area contributed by atoms with Crippen LogP contribution in [0.3, 0.4) is 0 Å². The summed E-state index contributed by atoms with van der Waals surface area (Å²) in [5.74, 6) is 1.000. The molecule has 0 radical (unpaired) electrons. The van der Waals surface area contributed by atoms with Crippen LogP contribution < -0.4 is 5.32 Å². The van der Waals surface area contributed by atoms with E-state index in [1.54, 1.807) is 11.3 Å². The molecule has 1 aromatic carbocycles. The van der Waals surface area contributed by atoms with Crippen molar-refractivity contribution >= 4 is 56.3 Å². The van der Waals surface area contributed by atoms with Crippen LogP contribution >= 0.6 is 39.0 Å². The van der Waals surface area contributed by atoms with Gasteiger partial charge in [-0.2, -0.15) is 0 Å². The number of amides is 1. The van der Waals surface area contributed by atoms with Gasteiger partial charge in [-0.1, -0.05) is 6.07 Å². The molecule has 0 unspecified atom stereocenters. The molecule has 5 nitrogen and oxygen atoms in total. The average molecular weight is 387 g/mol. The molecule has 0 fully saturated rings. The maximum absolute atomic E-state index is 11.8. The first kappa shape index (κ1) is 16.0. The monoisotopic (exact) mass is 386 g/mol. The Labute approximate surface area is 138 Å². The molecule has 1 heterocycles. The zero-order valence-electron chi connectivity index (χ0n) is 10.7. The van der Waals surface area contributed by atoms with Gasteiger partial charge in [0.1, 0.15) is 0 Å². The van der Waals surface area contributed by atoms with Crippen molar-refractivity contribution in [2.24, 2.45) is 0 Å². The number of nitro benzene ring substituents is 1. The fourth-order valence-corrected chi connectivity index (χ4v) is 3.68. The van der Waals surface area contributed by atoms with E-state index in [1.165, 1.54) is 34.8 Å². The van der Waals surface area contributed by atoms with E-state index in [-0.39, 0.29) is 11.6 Å². The van der Waals surface area contributed by atoms with Crippen LogP contribution in [-0.2, 0) is 10.5 Å². The first-order valence-electron chi connectivity index (χ1n) is 5.90. The summed E-state index contributed by atoms with van der Waals surface area (Å²) < 4.78 is 0.494. The van der Waals surface area contributed by atoms with Crippen LogP contribution in [0.25, 0.3) is 0 Å². The summed E-state index contributed by atoms with van der Waals surface area (Å²) in [5.41, 5.74) is 0.509. The number of benzene rings is 1. The second-order valence-electron chi connectivity index (χ2n) is 4.04. The first-order chi connectivity index (χ1) is 10.1. The quantitative estimate of drug-likeness (QED) is 0.593. The lowest BCUT2D eigenvalue weighted by atomic mass is 10.3. The first-order valence-corrected chi connectivity index (χ1v) is 8.73. The summed E-state index contributed by atoms with van der Waals surface area (Å²) in [7, 11) is 0. The number of hydrogen-bond donors (Lipinski definition) is 1. The molecule has 0 saturated carbocycles. The van der Waals surface area contributed by atoms with E-state index >= 15 is 0 Å². The summed E-state index contributed by atoms with van der Waals surface area (Å²) >= 11 is 6.41. The van der Waals surface area contributed by atoms with E-state index in [0.717, 1.165) is 5.75 Å². The maximum atomic E-state index is 11.8. The standard InChI is InChI=1S/C13H11BrN2O3S2/c14-11-6-9(16(18)19)3-4-12(11)15-13(17)8-20-7-10-2-1-5-21-10/h1-6H,7-8H2,(H,15,17). The molecule has 0 aliphatic heterocycles. The third-order valence-electron chi connectivity index (χ3n) is 2.50. The van der Waals surface area contributed by atoms with Gasteiger partial charge in [0.2, 0.25) is 5.91 Å². The molecule has 0 aliphatic rings. The molecule has 110 valence electrons. The molecular formula is C13H11BrN2O3S2. The molecule has 8 heteroatoms. The van der Waals surface area contributed by atoms with Crippen LogP contribution in [0.4, 0.5) is 11.4 Å². The van der Waals surface area contributed by atoms with Crippen LogP contribution in [0, 0.1) is 10.1 Å². The molecule has 0 spiro atoms. The topological polar surface area (TPSA) is 72.2 Å². The number of nitrogens with zero attached hydrogens (tertiary/aromatic N) is 1. The van der Waals surface area contributed by atoms with E-state index in [2.05, 4.69) is 21.2 Å². The number of carbonyl (C=O) groups is 1. The Balaban J connectivity index is 1.86. The number of non-ortho nitro benzene ring substituents is 1. The fourth-order valence-electron chi connectivity index (χ4n) is 1.54. The number of thiophene rings is 1. The lowest BCUT2D eigenvalue weighted by Gasteiger charge is -2.07. The molecule has 0 saturated heterocycles. The number of hydrogen-bond acceptors (Lipinski definition) is 5. The maximum Gasteiger partial charge on any atom is 0.270 e. The van der Waals surface area contributed by atoms with Crippen LogP contribution in [0.2, 0.25) is 0 Å². The van der Waals surface area contributed by atoms with E-state index in [1.807, 2.05) is 17.5 Å². The number of nitrogens with one attached hydrogen (secondary N) is 1. The van der Waals surface area contributed by atoms with E-state index < -0.39 is 4.92 Å². The molecule has 2 aromatic rings. The largest absolute Gasteiger partial charge is 0.324 e. The minimum absolute atomic E-state index is 0.0213. The number of halogens is 1. The second kappa shape index (κ2) is 7.58. The minimum atomic E-state index is -0.479. The van der Waals surface area contributed by atoms with Gasteiger partial charge in [0, 0.05) is 27.2 Å². The normalized spacial score (nSPS) is 10.3. The third kappa shape index (κ3) is 4.83. The Bertz CT molecular complexity index is 647. The third-order valence-corrected chi connectivity index (χ3v) is 5.19. The summed E-state index contributed by atoms with van der Waals surface area (Å²) in [4.78, 5) is 23.2. The lowest BCUT2D eigenvalue weighted by Crippen LogP contribution is -2.14. The summed E-state index contributed by atoms with van der Waals surface area (Å²) in [5, 5.41) is 15.4. The van der Waals surface area contributed by atoms with Gasteiger partial charge in [-0.05, 0) is 33.4 Å². The van der Waals surface area contributed by atoms with Gasteiger partial charge in [0.25, 0.3) is 5.69 Å². The summed E-state index contributed by atoms with van der Waals surface area (Å²) in [6.07, 6.45) is 0. The van der Waals surface area contributed by atoms with Crippen molar-refractivity contribution < 1.29 is 9.72 Å². The molecule has 0 aliphatic carbocycles. The van der Waals surface area contributed by atoms with Crippen molar-refractivity contribution in [2.45, 2.75) is 5.75 Å². The molecule has 1 N–H and O–H groups in total. The highest BCUT2D eigenvalue weighted by atomic mass is 79.9. The smallest absolute Gasteiger partial charge is 0.270 e. The average Bonchev–Trinajstić information content (AvgIpc) is 2.94. The number of anilines is 1. The predicted molar refractivity (Wildman–Crippen MR) is 89.9 cm³/mol. The van der Waals surface area contributed by atoms with Gasteiger partial charge < -0.3 is 5.32 Å². The molecule has 21 heavy (non-hydrogen) atoms. The van der Waals surface area contributed by atoms with Crippen LogP contribution in [-0.4, -0.2) is 16.6 Å². The van der Waals surface area contributed by atoms with Crippen molar-refractivity contribution in [1.29, 1.82) is 0 Å². The molecule has 1 amide bonds. The number of rotatable bonds is 6. The lowest BCUT2D eigenvalue weighted by molar-refractivity contribution is -0.384. The summed E-state index contributed by atoms with van der Waals surface area (Å²) in [6, 6.07) is 8.26. The minimum Gasteiger partial charge on any atom is -0.324 e. The van der Waals surface area contributed by atoms with Gasteiger partial charge in [-0.25, -0.2) is 0 Å². The Morgan fingerprint density at radius 3 is 2.86 bits per heavy atom. The zero-order valence-corrected chi connectivity index (χ0v) is 14.0. The highest BCUT2D eigenvalue weighted by Gasteiger charge is 2.11. The van der Waals surface area contributed by atoms with Gasteiger partial charge >= 0.3 is 0 Å². The van der Waals surface area contributed by atoms with E-state index in [4.69, 9.17) is 0 Å². The van der Waals surface area contributed by atoms with Crippen LogP contribution in [0.1, 0.15) is 4.88 Å². The molecule has 0 bridgehead atoms. The van der Waals surface area contributed by atoms with Gasteiger partial charge in [0.15, 0.2) is 0 Å². The number of nitro groups is 1. The number of thioether (sulfide) groups is 1. The predicted octanol–water partition coefficient (Wildman–Crippen LogP) is 4.29. The van der Waals surface area contributed by atoms with Crippen molar-refractivity contribution in [3.63, 3.8) is 0 Å². The molecule has 0 atom stereocenters. The van der Waals surface area contributed by atoms with Crippen molar-refractivity contribution in [3.8, 4) is 0 Å². The molecule has 2 rings (SSSR count). The van der Waals surface area contributed by atoms with E-state index in [9.17, 15) is 14.9 Å². The van der Waals surface area contributed by atoms with Gasteiger partial charge in [-0.3, -0.25) is 14.9 Å². The Morgan fingerprint density at radius 2 is 2.24 bits per heavy atom. The van der Waals surface area contributed by atoms with Crippen LogP contribution in [0.15, 0.2) is 40.2 Å². The summed E-state index contributed by atoms with van der Waals surface area (Å²) in [6.45, 7) is 0. The highest BCUT2D eigenvalue weighted by Crippen LogP contribution is 2.27. The zero-order chi connectivity index (χ0) is 15.2. The second-order valence-corrected chi connectivity index (χ2v) is 6.91. The van der Waals surface area contributed by atoms with Crippen molar-refractivity contribution in [2.75, 3.05) is 11.1 Å². The Morgan fingerprint density at radius 1 is 1.43 bits per heavy atom. The SMILES string of the molecule is O=C(CSCc1cccs1)Nc1ccc([N+](=O)[O-])cc1Br. The fraction of sp³-hybridized carbons (Fsp3) is 0.154. The highest BCUT2D eigenvalue weighted by molar-refractivity contribution is 9.10. The van der Waals surface area contributed by atoms with Crippen LogP contribution in [0.5, 0.6) is 0 Å². The molecule has 1 aromatic heterocycles. The molecular weight excluding hydrogens is 376 g/mol. The van der Waals surface area contributed by atoms with Crippen molar-refractivity contribution in [3.05, 3.63) is 55.2 Å². The Hall–Kier alpha value is -1.38. The number of carbonyl (C=O) groups excluding carboxylic acids is 1. The van der Waals surface area contributed by atoms with Gasteiger partial charge in [-0.15, -0.1) is 23.1 Å². The van der Waals surface area contributed by atoms with Crippen molar-refractivity contribution in [1.82, 2.24) is 0 Å². The van der Waals surface area contributed by atoms with E-state index in [0.29, 0.717) is 15.9 Å².